The van der Waals surface area contributed by atoms with Gasteiger partial charge in [0.1, 0.15) is 10.0 Å². The van der Waals surface area contributed by atoms with E-state index in [-0.39, 0.29) is 29.0 Å². The number of carbonyl (C=O) groups is 1. The number of amides is 1. The summed E-state index contributed by atoms with van der Waals surface area (Å²) in [4.78, 5) is 18.2. The van der Waals surface area contributed by atoms with E-state index in [2.05, 4.69) is 4.98 Å². The molecule has 0 radical (unpaired) electrons. The number of benzene rings is 1. The highest BCUT2D eigenvalue weighted by Crippen LogP contribution is 2.19. The first-order valence-corrected chi connectivity index (χ1v) is 9.67. The molecule has 1 aliphatic rings. The fourth-order valence-electron chi connectivity index (χ4n) is 2.76. The number of carbonyl (C=O) groups excluding carboxylic acids is 1. The molecule has 3 rings (SSSR count). The van der Waals surface area contributed by atoms with E-state index in [4.69, 9.17) is 11.6 Å². The summed E-state index contributed by atoms with van der Waals surface area (Å²) in [5.74, 6) is -0.0751. The number of aryl methyl sites for hydroxylation is 1. The van der Waals surface area contributed by atoms with E-state index in [9.17, 15) is 13.2 Å². The summed E-state index contributed by atoms with van der Waals surface area (Å²) in [5.41, 5.74) is 1.64. The summed E-state index contributed by atoms with van der Waals surface area (Å²) in [5, 5.41) is 0.243. The second kappa shape index (κ2) is 7.11. The lowest BCUT2D eigenvalue weighted by molar-refractivity contribution is 0.0698. The number of piperazine rings is 1. The number of aromatic nitrogens is 1. The molecule has 0 spiro atoms. The molecule has 0 saturated carbocycles. The zero-order chi connectivity index (χ0) is 18.0. The van der Waals surface area contributed by atoms with Crippen LogP contribution in [-0.2, 0) is 10.0 Å². The van der Waals surface area contributed by atoms with Crippen LogP contribution in [0.1, 0.15) is 15.9 Å². The first-order chi connectivity index (χ1) is 11.9. The van der Waals surface area contributed by atoms with Crippen molar-refractivity contribution in [1.82, 2.24) is 14.2 Å². The molecule has 1 aromatic heterocycles. The Kier molecular flexibility index (Phi) is 5.08. The maximum absolute atomic E-state index is 12.6. The molecule has 0 N–H and O–H groups in total. The summed E-state index contributed by atoms with van der Waals surface area (Å²) >= 11 is 5.71. The van der Waals surface area contributed by atoms with Crippen molar-refractivity contribution >= 4 is 27.5 Å². The molecule has 0 atom stereocenters. The molecular weight excluding hydrogens is 362 g/mol. The average Bonchev–Trinajstić information content (AvgIpc) is 2.61. The predicted octanol–water partition coefficient (Wildman–Crippen LogP) is 2.19. The van der Waals surface area contributed by atoms with Gasteiger partial charge in [0, 0.05) is 37.9 Å². The number of hydrogen-bond acceptors (Lipinski definition) is 4. The molecule has 1 saturated heterocycles. The SMILES string of the molecule is Cc1cccc(C(=O)N2CCN(S(=O)(=O)c3ccc(Cl)nc3)CC2)c1. The highest BCUT2D eigenvalue weighted by Gasteiger charge is 2.30. The topological polar surface area (TPSA) is 70.6 Å². The fourth-order valence-corrected chi connectivity index (χ4v) is 4.24. The second-order valence-corrected chi connectivity index (χ2v) is 8.21. The van der Waals surface area contributed by atoms with E-state index in [0.29, 0.717) is 18.7 Å². The van der Waals surface area contributed by atoms with E-state index < -0.39 is 10.0 Å². The quantitative estimate of drug-likeness (QED) is 0.766. The largest absolute Gasteiger partial charge is 0.336 e. The summed E-state index contributed by atoms with van der Waals surface area (Å²) < 4.78 is 26.6. The monoisotopic (exact) mass is 379 g/mol. The van der Waals surface area contributed by atoms with Crippen molar-refractivity contribution < 1.29 is 13.2 Å². The van der Waals surface area contributed by atoms with Gasteiger partial charge in [-0.3, -0.25) is 4.79 Å². The Hall–Kier alpha value is -1.96. The number of nitrogens with zero attached hydrogens (tertiary/aromatic N) is 3. The third-order valence-electron chi connectivity index (χ3n) is 4.13. The zero-order valence-corrected chi connectivity index (χ0v) is 15.3. The molecule has 2 heterocycles. The minimum absolute atomic E-state index is 0.0751. The molecule has 0 bridgehead atoms. The van der Waals surface area contributed by atoms with E-state index in [0.717, 1.165) is 5.56 Å². The van der Waals surface area contributed by atoms with Crippen LogP contribution >= 0.6 is 11.6 Å². The van der Waals surface area contributed by atoms with Crippen molar-refractivity contribution in [1.29, 1.82) is 0 Å². The Balaban J connectivity index is 1.69. The van der Waals surface area contributed by atoms with E-state index in [1.165, 1.54) is 22.6 Å². The lowest BCUT2D eigenvalue weighted by Crippen LogP contribution is -2.50. The highest BCUT2D eigenvalue weighted by atomic mass is 35.5. The van der Waals surface area contributed by atoms with Gasteiger partial charge in [-0.25, -0.2) is 13.4 Å². The molecule has 132 valence electrons. The van der Waals surface area contributed by atoms with Crippen molar-refractivity contribution in [2.45, 2.75) is 11.8 Å². The Morgan fingerprint density at radius 3 is 2.44 bits per heavy atom. The zero-order valence-electron chi connectivity index (χ0n) is 13.7. The fraction of sp³-hybridized carbons (Fsp3) is 0.294. The van der Waals surface area contributed by atoms with E-state index in [1.54, 1.807) is 11.0 Å². The van der Waals surface area contributed by atoms with Crippen LogP contribution in [0.25, 0.3) is 0 Å². The third-order valence-corrected chi connectivity index (χ3v) is 6.23. The lowest BCUT2D eigenvalue weighted by Gasteiger charge is -2.34. The summed E-state index contributed by atoms with van der Waals surface area (Å²) in [7, 11) is -3.63. The van der Waals surface area contributed by atoms with Gasteiger partial charge in [0.2, 0.25) is 10.0 Å². The van der Waals surface area contributed by atoms with Crippen molar-refractivity contribution in [3.63, 3.8) is 0 Å². The smallest absolute Gasteiger partial charge is 0.253 e. The van der Waals surface area contributed by atoms with Gasteiger partial charge in [-0.1, -0.05) is 29.3 Å². The van der Waals surface area contributed by atoms with E-state index >= 15 is 0 Å². The van der Waals surface area contributed by atoms with Crippen molar-refractivity contribution in [2.24, 2.45) is 0 Å². The van der Waals surface area contributed by atoms with Crippen molar-refractivity contribution in [3.8, 4) is 0 Å². The standard InChI is InChI=1S/C17H18ClN3O3S/c1-13-3-2-4-14(11-13)17(22)20-7-9-21(10-8-20)25(23,24)15-5-6-16(18)19-12-15/h2-6,11-12H,7-10H2,1H3. The Morgan fingerprint density at radius 1 is 1.12 bits per heavy atom. The molecule has 1 amide bonds. The van der Waals surface area contributed by atoms with Crippen LogP contribution < -0.4 is 0 Å². The molecule has 1 aliphatic heterocycles. The van der Waals surface area contributed by atoms with Crippen molar-refractivity contribution in [3.05, 3.63) is 58.9 Å². The normalized spacial score (nSPS) is 16.0. The van der Waals surface area contributed by atoms with Gasteiger partial charge >= 0.3 is 0 Å². The Morgan fingerprint density at radius 2 is 1.84 bits per heavy atom. The Labute approximate surface area is 152 Å². The summed E-state index contributed by atoms with van der Waals surface area (Å²) in [6.45, 7) is 3.15. The summed E-state index contributed by atoms with van der Waals surface area (Å²) in [6, 6.07) is 10.3. The van der Waals surface area contributed by atoms with Crippen LogP contribution in [-0.4, -0.2) is 54.7 Å². The first kappa shape index (κ1) is 17.8. The highest BCUT2D eigenvalue weighted by molar-refractivity contribution is 7.89. The van der Waals surface area contributed by atoms with Gasteiger partial charge in [0.15, 0.2) is 0 Å². The van der Waals surface area contributed by atoms with Gasteiger partial charge in [-0.2, -0.15) is 4.31 Å². The average molecular weight is 380 g/mol. The van der Waals surface area contributed by atoms with Gasteiger partial charge in [0.25, 0.3) is 5.91 Å². The molecular formula is C17H18ClN3O3S. The molecule has 6 nitrogen and oxygen atoms in total. The lowest BCUT2D eigenvalue weighted by atomic mass is 10.1. The number of pyridine rings is 1. The Bertz CT molecular complexity index is 876. The van der Waals surface area contributed by atoms with Gasteiger partial charge in [0.05, 0.1) is 0 Å². The van der Waals surface area contributed by atoms with Crippen molar-refractivity contribution in [2.75, 3.05) is 26.2 Å². The van der Waals surface area contributed by atoms with Gasteiger partial charge in [-0.15, -0.1) is 0 Å². The number of rotatable bonds is 3. The van der Waals surface area contributed by atoms with Crippen LogP contribution in [0, 0.1) is 6.92 Å². The minimum Gasteiger partial charge on any atom is -0.336 e. The van der Waals surface area contributed by atoms with E-state index in [1.807, 2.05) is 25.1 Å². The maximum atomic E-state index is 12.6. The second-order valence-electron chi connectivity index (χ2n) is 5.88. The van der Waals surface area contributed by atoms with Crippen LogP contribution in [0.3, 0.4) is 0 Å². The number of hydrogen-bond donors (Lipinski definition) is 0. The molecule has 2 aromatic rings. The molecule has 1 fully saturated rings. The minimum atomic E-state index is -3.63. The predicted molar refractivity (Wildman–Crippen MR) is 95.1 cm³/mol. The number of sulfonamides is 1. The molecule has 0 unspecified atom stereocenters. The van der Waals surface area contributed by atoms with Gasteiger partial charge in [-0.05, 0) is 31.2 Å². The number of halogens is 1. The first-order valence-electron chi connectivity index (χ1n) is 7.85. The maximum Gasteiger partial charge on any atom is 0.253 e. The van der Waals surface area contributed by atoms with Gasteiger partial charge < -0.3 is 4.90 Å². The molecule has 25 heavy (non-hydrogen) atoms. The molecule has 0 aliphatic carbocycles. The van der Waals surface area contributed by atoms with Crippen LogP contribution in [0.2, 0.25) is 5.15 Å². The van der Waals surface area contributed by atoms with Crippen LogP contribution in [0.5, 0.6) is 0 Å². The van der Waals surface area contributed by atoms with Crippen LogP contribution in [0.4, 0.5) is 0 Å². The summed E-state index contributed by atoms with van der Waals surface area (Å²) in [6.07, 6.45) is 1.25. The molecule has 8 heteroatoms. The third kappa shape index (κ3) is 3.84. The van der Waals surface area contributed by atoms with Crippen LogP contribution in [0.15, 0.2) is 47.5 Å². The molecule has 1 aromatic carbocycles.